The normalized spacial score (nSPS) is 26.4. The van der Waals surface area contributed by atoms with Crippen molar-refractivity contribution < 1.29 is 51.3 Å². The van der Waals surface area contributed by atoms with Gasteiger partial charge >= 0.3 is 151 Å². The van der Waals surface area contributed by atoms with Crippen LogP contribution in [0.5, 0.6) is 0 Å². The summed E-state index contributed by atoms with van der Waals surface area (Å²) in [6, 6.07) is -1.20. The van der Waals surface area contributed by atoms with Crippen LogP contribution in [0.2, 0.25) is 0 Å². The quantitative estimate of drug-likeness (QED) is 0.201. The SMILES string of the molecule is C=C(C)C(C(=O)OC1(C)CCCCC1)N1C(=O)C(N)C1[S][Hg+].Cl.[Cl-]. The smallest absolute Gasteiger partial charge is 0.147 e. The van der Waals surface area contributed by atoms with Gasteiger partial charge in [-0.2, -0.15) is 0 Å². The summed E-state index contributed by atoms with van der Waals surface area (Å²) >= 11 is 0.442. The number of ether oxygens (including phenoxy) is 1. The molecule has 2 aliphatic rings. The van der Waals surface area contributed by atoms with E-state index in [0.29, 0.717) is 30.2 Å². The fourth-order valence-corrected chi connectivity index (χ4v) is 8.22. The van der Waals surface area contributed by atoms with Crippen molar-refractivity contribution in [2.45, 2.75) is 69.0 Å². The van der Waals surface area contributed by atoms with E-state index < -0.39 is 17.7 Å². The fourth-order valence-electron chi connectivity index (χ4n) is 3.22. The van der Waals surface area contributed by atoms with Crippen LogP contribution in [-0.2, 0) is 38.9 Å². The number of esters is 1. The maximum atomic E-state index is 12.7. The number of amides is 1. The van der Waals surface area contributed by atoms with E-state index in [2.05, 4.69) is 6.58 Å². The molecule has 1 amide bonds. The van der Waals surface area contributed by atoms with Crippen LogP contribution in [0, 0.1) is 0 Å². The summed E-state index contributed by atoms with van der Waals surface area (Å²) in [5, 5.41) is -0.107. The Kier molecular flexibility index (Phi) is 10.2. The van der Waals surface area contributed by atoms with Crippen molar-refractivity contribution in [2.75, 3.05) is 0 Å². The van der Waals surface area contributed by atoms with Crippen molar-refractivity contribution in [3.8, 4) is 0 Å². The summed E-state index contributed by atoms with van der Waals surface area (Å²) in [6.07, 6.45) is 5.12. The van der Waals surface area contributed by atoms with E-state index in [1.807, 2.05) is 6.92 Å². The number of nitrogens with two attached hydrogens (primary N) is 1. The first-order chi connectivity index (χ1) is 10.3. The molecular formula is C15H24Cl2HgN2O3S. The molecule has 24 heavy (non-hydrogen) atoms. The second-order valence-electron chi connectivity index (χ2n) is 6.51. The zero-order valence-electron chi connectivity index (χ0n) is 14.1. The van der Waals surface area contributed by atoms with Gasteiger partial charge in [-0.1, -0.05) is 0 Å². The van der Waals surface area contributed by atoms with Gasteiger partial charge in [-0.3, -0.25) is 0 Å². The number of hydrogen-bond acceptors (Lipinski definition) is 5. The molecule has 0 aromatic carbocycles. The van der Waals surface area contributed by atoms with Crippen LogP contribution in [0.1, 0.15) is 46.0 Å². The molecule has 0 spiro atoms. The minimum atomic E-state index is -0.702. The average molecular weight is 584 g/mol. The van der Waals surface area contributed by atoms with E-state index in [1.165, 1.54) is 6.42 Å². The maximum absolute atomic E-state index is 12.7. The van der Waals surface area contributed by atoms with Crippen molar-refractivity contribution in [2.24, 2.45) is 5.73 Å². The third-order valence-electron chi connectivity index (χ3n) is 4.52. The standard InChI is InChI=1S/C15H24N2O3S.2ClH.Hg/c1-9(2)11(17-12(18)10(16)13(17)21)14(19)20-15(3)7-5-4-6-8-15;;;/h10-11,13,21H,1,4-8,16H2,2-3H3;2*1H;/q;;;+2/p-2. The Morgan fingerprint density at radius 1 is 1.46 bits per heavy atom. The fraction of sp³-hybridized carbons (Fsp3) is 0.733. The van der Waals surface area contributed by atoms with E-state index in [-0.39, 0.29) is 42.1 Å². The second kappa shape index (κ2) is 10.00. The van der Waals surface area contributed by atoms with E-state index >= 15 is 0 Å². The molecule has 3 unspecified atom stereocenters. The topological polar surface area (TPSA) is 72.6 Å². The molecule has 1 saturated carbocycles. The number of hydrogen-bond donors (Lipinski definition) is 1. The molecule has 0 aromatic rings. The van der Waals surface area contributed by atoms with E-state index in [0.717, 1.165) is 25.7 Å². The van der Waals surface area contributed by atoms with E-state index in [4.69, 9.17) is 10.5 Å². The summed E-state index contributed by atoms with van der Waals surface area (Å²) in [5.74, 6) is -0.536. The molecule has 1 aliphatic carbocycles. The monoisotopic (exact) mass is 584 g/mol. The second-order valence-corrected chi connectivity index (χ2v) is 11.2. The summed E-state index contributed by atoms with van der Waals surface area (Å²) < 4.78 is 5.81. The van der Waals surface area contributed by atoms with Crippen LogP contribution in [0.25, 0.3) is 0 Å². The zero-order chi connectivity index (χ0) is 16.5. The van der Waals surface area contributed by atoms with Gasteiger partial charge in [-0.25, -0.2) is 0 Å². The van der Waals surface area contributed by atoms with Crippen molar-refractivity contribution >= 4 is 32.5 Å². The number of halogens is 2. The Morgan fingerprint density at radius 3 is 2.46 bits per heavy atom. The minimum absolute atomic E-state index is 0. The molecule has 1 aliphatic heterocycles. The van der Waals surface area contributed by atoms with Gasteiger partial charge < -0.3 is 12.4 Å². The van der Waals surface area contributed by atoms with E-state index in [9.17, 15) is 9.59 Å². The number of nitrogens with zero attached hydrogens (tertiary/aromatic N) is 1. The maximum Gasteiger partial charge on any atom is -0.147 e. The minimum Gasteiger partial charge on any atom is -1.00 e. The van der Waals surface area contributed by atoms with Crippen molar-refractivity contribution in [3.63, 3.8) is 0 Å². The molecule has 0 aromatic heterocycles. The molecule has 134 valence electrons. The molecule has 2 rings (SSSR count). The van der Waals surface area contributed by atoms with Gasteiger partial charge in [0.2, 0.25) is 0 Å². The van der Waals surface area contributed by atoms with Crippen LogP contribution in [0.4, 0.5) is 0 Å². The number of β-lactam (4-membered cyclic amide) rings is 1. The average Bonchev–Trinajstić information content (AvgIpc) is 2.46. The molecule has 0 radical (unpaired) electrons. The first-order valence-corrected chi connectivity index (χ1v) is 15.5. The van der Waals surface area contributed by atoms with Crippen molar-refractivity contribution in [1.29, 1.82) is 0 Å². The number of rotatable bonds is 5. The Balaban J connectivity index is 0.00000264. The third-order valence-corrected chi connectivity index (χ3v) is 9.36. The Bertz CT molecular complexity index is 489. The van der Waals surface area contributed by atoms with Gasteiger partial charge in [-0.15, -0.1) is 12.4 Å². The van der Waals surface area contributed by atoms with Crippen molar-refractivity contribution in [3.05, 3.63) is 12.2 Å². The Hall–Kier alpha value is 0.505. The molecule has 2 fully saturated rings. The number of carbonyl (C=O) groups excluding carboxylic acids is 2. The molecule has 0 bridgehead atoms. The van der Waals surface area contributed by atoms with Crippen LogP contribution in [0.3, 0.4) is 0 Å². The number of likely N-dealkylation sites (tertiary alicyclic amines) is 1. The summed E-state index contributed by atoms with van der Waals surface area (Å²) in [7, 11) is 1.67. The van der Waals surface area contributed by atoms with Gasteiger partial charge in [0.05, 0.1) is 0 Å². The predicted octanol–water partition coefficient (Wildman–Crippen LogP) is -0.686. The largest absolute Gasteiger partial charge is 1.00 e. The third kappa shape index (κ3) is 5.03. The van der Waals surface area contributed by atoms with Gasteiger partial charge in [0.25, 0.3) is 0 Å². The van der Waals surface area contributed by atoms with Gasteiger partial charge in [0.1, 0.15) is 0 Å². The molecule has 3 atom stereocenters. The first-order valence-electron chi connectivity index (χ1n) is 7.67. The predicted molar refractivity (Wildman–Crippen MR) is 89.6 cm³/mol. The van der Waals surface area contributed by atoms with Crippen LogP contribution in [0.15, 0.2) is 12.2 Å². The summed E-state index contributed by atoms with van der Waals surface area (Å²) in [5.41, 5.74) is 6.08. The van der Waals surface area contributed by atoms with Gasteiger partial charge in [-0.05, 0) is 0 Å². The molecular weight excluding hydrogens is 560 g/mol. The van der Waals surface area contributed by atoms with Crippen LogP contribution >= 0.6 is 20.6 Å². The first kappa shape index (κ1) is 24.5. The molecule has 1 heterocycles. The van der Waals surface area contributed by atoms with Gasteiger partial charge in [0, 0.05) is 0 Å². The molecule has 2 N–H and O–H groups in total. The van der Waals surface area contributed by atoms with E-state index in [1.54, 1.807) is 20.1 Å². The Morgan fingerprint density at radius 2 is 2.00 bits per heavy atom. The molecule has 1 saturated heterocycles. The van der Waals surface area contributed by atoms with Crippen LogP contribution < -0.4 is 18.1 Å². The van der Waals surface area contributed by atoms with Crippen LogP contribution in [-0.4, -0.2) is 39.8 Å². The zero-order valence-corrected chi connectivity index (χ0v) is 22.0. The Labute approximate surface area is 174 Å². The number of carbonyl (C=O) groups is 2. The van der Waals surface area contributed by atoms with Crippen molar-refractivity contribution in [1.82, 2.24) is 4.90 Å². The molecule has 5 nitrogen and oxygen atoms in total. The molecule has 9 heteroatoms. The summed E-state index contributed by atoms with van der Waals surface area (Å²) in [4.78, 5) is 26.4. The van der Waals surface area contributed by atoms with Gasteiger partial charge in [0.15, 0.2) is 0 Å². The summed E-state index contributed by atoms with van der Waals surface area (Å²) in [6.45, 7) is 7.66.